The van der Waals surface area contributed by atoms with Crippen molar-refractivity contribution in [1.29, 1.82) is 0 Å². The molecule has 1 aliphatic heterocycles. The molecule has 0 saturated carbocycles. The van der Waals surface area contributed by atoms with Gasteiger partial charge in [-0.2, -0.15) is 0 Å². The van der Waals surface area contributed by atoms with Gasteiger partial charge in [-0.15, -0.1) is 0 Å². The number of aromatic amines is 1. The van der Waals surface area contributed by atoms with Gasteiger partial charge < -0.3 is 20.5 Å². The first-order valence-corrected chi connectivity index (χ1v) is 11.1. The van der Waals surface area contributed by atoms with Crippen molar-refractivity contribution in [3.63, 3.8) is 0 Å². The van der Waals surface area contributed by atoms with Gasteiger partial charge in [0.2, 0.25) is 0 Å². The fourth-order valence-corrected chi connectivity index (χ4v) is 4.06. The number of anilines is 2. The highest BCUT2D eigenvalue weighted by atomic mass is 32.1. The summed E-state index contributed by atoms with van der Waals surface area (Å²) in [5.74, 6) is -0.816. The first kappa shape index (κ1) is 22.9. The van der Waals surface area contributed by atoms with E-state index in [1.807, 2.05) is 0 Å². The minimum absolute atomic E-state index is 0.0559. The number of aliphatic imine (C=N–C) groups is 1. The van der Waals surface area contributed by atoms with Crippen molar-refractivity contribution < 1.29 is 18.3 Å². The Morgan fingerprint density at radius 3 is 2.55 bits per heavy atom. The van der Waals surface area contributed by atoms with Gasteiger partial charge >= 0.3 is 0 Å². The van der Waals surface area contributed by atoms with Gasteiger partial charge in [0.25, 0.3) is 5.56 Å². The first-order valence-electron chi connectivity index (χ1n) is 10.3. The lowest BCUT2D eigenvalue weighted by molar-refractivity contribution is 0.0394. The summed E-state index contributed by atoms with van der Waals surface area (Å²) in [5, 5.41) is 3.68. The number of nitrogens with zero attached hydrogens (tertiary/aromatic N) is 2. The summed E-state index contributed by atoms with van der Waals surface area (Å²) in [4.78, 5) is 18.9. The third-order valence-corrected chi connectivity index (χ3v) is 5.74. The molecule has 0 spiro atoms. The van der Waals surface area contributed by atoms with E-state index >= 15 is 0 Å². The van der Waals surface area contributed by atoms with Crippen molar-refractivity contribution in [3.05, 3.63) is 70.0 Å². The van der Waals surface area contributed by atoms with E-state index in [0.29, 0.717) is 36.2 Å². The fraction of sp³-hybridized carbons (Fsp3) is 0.273. The number of rotatable bonds is 8. The second-order valence-electron chi connectivity index (χ2n) is 7.31. The van der Waals surface area contributed by atoms with Crippen LogP contribution in [0.3, 0.4) is 0 Å². The van der Waals surface area contributed by atoms with E-state index in [-0.39, 0.29) is 22.7 Å². The normalized spacial score (nSPS) is 14.9. The minimum Gasteiger partial charge on any atom is -0.457 e. The maximum atomic E-state index is 13.3. The van der Waals surface area contributed by atoms with Crippen molar-refractivity contribution in [2.75, 3.05) is 44.7 Å². The fourth-order valence-electron chi connectivity index (χ4n) is 3.30. The van der Waals surface area contributed by atoms with Crippen molar-refractivity contribution in [1.82, 2.24) is 9.27 Å². The van der Waals surface area contributed by atoms with Crippen LogP contribution in [0.5, 0.6) is 11.5 Å². The van der Waals surface area contributed by atoms with Gasteiger partial charge in [0.15, 0.2) is 0 Å². The number of halogens is 2. The van der Waals surface area contributed by atoms with E-state index in [1.165, 1.54) is 0 Å². The number of morpholine rings is 1. The number of H-pyrrole nitrogens is 1. The van der Waals surface area contributed by atoms with Gasteiger partial charge in [0.1, 0.15) is 39.5 Å². The largest absolute Gasteiger partial charge is 0.457 e. The Hall–Kier alpha value is -3.28. The minimum atomic E-state index is -0.720. The second-order valence-corrected chi connectivity index (χ2v) is 8.13. The van der Waals surface area contributed by atoms with Crippen LogP contribution in [0.1, 0.15) is 5.56 Å². The smallest absolute Gasteiger partial charge is 0.271 e. The summed E-state index contributed by atoms with van der Waals surface area (Å²) >= 11 is 1.12. The Morgan fingerprint density at radius 1 is 1.15 bits per heavy atom. The molecule has 1 aromatic heterocycles. The molecular weight excluding hydrogens is 452 g/mol. The summed E-state index contributed by atoms with van der Waals surface area (Å²) in [6.07, 6.45) is 0. The number of nitrogens with two attached hydrogens (primary N) is 1. The average molecular weight is 476 g/mol. The Bertz CT molecular complexity index is 1150. The molecule has 4 N–H and O–H groups in total. The van der Waals surface area contributed by atoms with Gasteiger partial charge in [-0.3, -0.25) is 19.1 Å². The summed E-state index contributed by atoms with van der Waals surface area (Å²) in [6, 6.07) is 9.67. The topological polar surface area (TPSA) is 105 Å². The van der Waals surface area contributed by atoms with Crippen molar-refractivity contribution in [2.45, 2.75) is 0 Å². The zero-order chi connectivity index (χ0) is 23.2. The number of nitrogens with one attached hydrogen (secondary N) is 2. The van der Waals surface area contributed by atoms with Crippen molar-refractivity contribution >= 4 is 28.1 Å². The van der Waals surface area contributed by atoms with E-state index in [2.05, 4.69) is 19.6 Å². The molecule has 33 heavy (non-hydrogen) atoms. The van der Waals surface area contributed by atoms with Crippen LogP contribution in [0.4, 0.5) is 19.5 Å². The van der Waals surface area contributed by atoms with E-state index in [1.54, 1.807) is 24.3 Å². The molecule has 174 valence electrons. The maximum Gasteiger partial charge on any atom is 0.271 e. The molecule has 0 aliphatic carbocycles. The van der Waals surface area contributed by atoms with Crippen LogP contribution in [0, 0.1) is 11.6 Å². The standard InChI is InChI=1S/C22H23F2N5O3S/c23-14-11-15(24)13-18(12-14)32-17-3-1-16(2-4-17)27-22-19(21(30)28-33-22)20(25)26-5-6-29-7-9-31-10-8-29/h1-4,11-13,27H,5-10H2,(H2,25,26)(H,28,30). The molecule has 0 atom stereocenters. The molecule has 0 unspecified atom stereocenters. The predicted molar refractivity (Wildman–Crippen MR) is 124 cm³/mol. The van der Waals surface area contributed by atoms with Crippen LogP contribution in [-0.2, 0) is 4.74 Å². The van der Waals surface area contributed by atoms with Crippen LogP contribution in [0.2, 0.25) is 0 Å². The lowest BCUT2D eigenvalue weighted by Crippen LogP contribution is -2.38. The van der Waals surface area contributed by atoms with Gasteiger partial charge in [0.05, 0.1) is 19.8 Å². The van der Waals surface area contributed by atoms with Crippen molar-refractivity contribution in [3.8, 4) is 11.5 Å². The van der Waals surface area contributed by atoms with Gasteiger partial charge in [-0.25, -0.2) is 8.78 Å². The molecule has 11 heteroatoms. The van der Waals surface area contributed by atoms with Crippen LogP contribution >= 0.6 is 11.5 Å². The quantitative estimate of drug-likeness (QED) is 0.341. The van der Waals surface area contributed by atoms with Gasteiger partial charge in [-0.1, -0.05) is 0 Å². The van der Waals surface area contributed by atoms with Crippen LogP contribution < -0.4 is 21.3 Å². The molecule has 4 rings (SSSR count). The second kappa shape index (κ2) is 10.6. The van der Waals surface area contributed by atoms with Crippen LogP contribution in [-0.4, -0.2) is 54.5 Å². The Balaban J connectivity index is 1.40. The first-order chi connectivity index (χ1) is 16.0. The molecule has 2 heterocycles. The summed E-state index contributed by atoms with van der Waals surface area (Å²) in [6.45, 7) is 4.35. The predicted octanol–water partition coefficient (Wildman–Crippen LogP) is 3.29. The molecule has 8 nitrogen and oxygen atoms in total. The molecule has 2 aromatic carbocycles. The van der Waals surface area contributed by atoms with Crippen LogP contribution in [0.25, 0.3) is 0 Å². The molecule has 0 bridgehead atoms. The summed E-state index contributed by atoms with van der Waals surface area (Å²) in [5.41, 5.74) is 6.76. The number of ether oxygens (including phenoxy) is 2. The third-order valence-electron chi connectivity index (χ3n) is 4.94. The number of benzene rings is 2. The summed E-state index contributed by atoms with van der Waals surface area (Å²) < 4.78 is 40.2. The van der Waals surface area contributed by atoms with Crippen molar-refractivity contribution in [2.24, 2.45) is 10.7 Å². The highest BCUT2D eigenvalue weighted by Crippen LogP contribution is 2.27. The lowest BCUT2D eigenvalue weighted by Gasteiger charge is -2.25. The average Bonchev–Trinajstić information content (AvgIpc) is 3.15. The van der Waals surface area contributed by atoms with E-state index in [0.717, 1.165) is 49.4 Å². The molecule has 1 fully saturated rings. The van der Waals surface area contributed by atoms with Crippen LogP contribution in [0.15, 0.2) is 52.3 Å². The number of hydrogen-bond acceptors (Lipinski definition) is 7. The number of amidine groups is 1. The highest BCUT2D eigenvalue weighted by Gasteiger charge is 2.15. The zero-order valence-electron chi connectivity index (χ0n) is 17.6. The van der Waals surface area contributed by atoms with E-state index in [9.17, 15) is 13.6 Å². The monoisotopic (exact) mass is 475 g/mol. The number of hydrogen-bond donors (Lipinski definition) is 3. The Morgan fingerprint density at radius 2 is 1.85 bits per heavy atom. The SMILES string of the molecule is NC(=NCCN1CCOCC1)c1c(Nc2ccc(Oc3cc(F)cc(F)c3)cc2)s[nH]c1=O. The van der Waals surface area contributed by atoms with E-state index < -0.39 is 11.6 Å². The molecule has 3 aromatic rings. The molecule has 1 aliphatic rings. The molecule has 0 radical (unpaired) electrons. The molecule has 0 amide bonds. The Labute approximate surface area is 192 Å². The summed E-state index contributed by atoms with van der Waals surface area (Å²) in [7, 11) is 0. The lowest BCUT2D eigenvalue weighted by atomic mass is 10.2. The highest BCUT2D eigenvalue weighted by molar-refractivity contribution is 7.10. The van der Waals surface area contributed by atoms with Gasteiger partial charge in [0, 0.05) is 43.5 Å². The van der Waals surface area contributed by atoms with E-state index in [4.69, 9.17) is 15.2 Å². The molecular formula is C22H23F2N5O3S. The maximum absolute atomic E-state index is 13.3. The Kier molecular flexibility index (Phi) is 7.33. The zero-order valence-corrected chi connectivity index (χ0v) is 18.5. The van der Waals surface area contributed by atoms with Gasteiger partial charge in [-0.05, 0) is 35.8 Å². The number of aromatic nitrogens is 1. The third kappa shape index (κ3) is 6.15. The molecule has 1 saturated heterocycles.